The fourth-order valence-electron chi connectivity index (χ4n) is 0.924. The van der Waals surface area contributed by atoms with Crippen molar-refractivity contribution in [2.45, 2.75) is 19.9 Å². The Morgan fingerprint density at radius 1 is 1.55 bits per heavy atom. The monoisotopic (exact) mass is 155 g/mol. The topological polar surface area (TPSA) is 59.4 Å². The van der Waals surface area contributed by atoms with Crippen LogP contribution in [0.25, 0.3) is 0 Å². The number of nitrogens with two attached hydrogens (primary N) is 1. The normalized spacial score (nSPS) is 13.8. The largest absolute Gasteiger partial charge is 0.480 e. The molecule has 0 spiro atoms. The number of hydrogen-bond donors (Lipinski definition) is 2. The molecule has 0 amide bonds. The quantitative estimate of drug-likeness (QED) is 0.682. The van der Waals surface area contributed by atoms with Crippen molar-refractivity contribution < 1.29 is 9.52 Å². The van der Waals surface area contributed by atoms with Gasteiger partial charge in [0.25, 0.3) is 5.95 Å². The Bertz CT molecular complexity index is 230. The third kappa shape index (κ3) is 1.54. The molecule has 3 nitrogen and oxygen atoms in total. The average molecular weight is 155 g/mol. The molecule has 1 aromatic rings. The highest BCUT2D eigenvalue weighted by molar-refractivity contribution is 5.25. The second-order valence-corrected chi connectivity index (χ2v) is 2.95. The maximum Gasteiger partial charge on any atom is 0.286 e. The van der Waals surface area contributed by atoms with Crippen LogP contribution >= 0.6 is 0 Å². The molecule has 0 fully saturated rings. The van der Waals surface area contributed by atoms with E-state index in [9.17, 15) is 0 Å². The summed E-state index contributed by atoms with van der Waals surface area (Å²) in [6.45, 7) is 3.99. The first kappa shape index (κ1) is 8.14. The van der Waals surface area contributed by atoms with E-state index in [1.807, 2.05) is 13.8 Å². The van der Waals surface area contributed by atoms with Crippen molar-refractivity contribution in [3.63, 3.8) is 0 Å². The van der Waals surface area contributed by atoms with Crippen LogP contribution in [0, 0.1) is 5.92 Å². The zero-order chi connectivity index (χ0) is 8.43. The molecule has 11 heavy (non-hydrogen) atoms. The van der Waals surface area contributed by atoms with Crippen LogP contribution in [0.2, 0.25) is 0 Å². The molecule has 0 unspecified atom stereocenters. The van der Waals surface area contributed by atoms with Crippen LogP contribution in [0.1, 0.15) is 25.5 Å². The van der Waals surface area contributed by atoms with E-state index in [-0.39, 0.29) is 12.0 Å². The van der Waals surface area contributed by atoms with Crippen LogP contribution in [0.3, 0.4) is 0 Å². The van der Waals surface area contributed by atoms with Crippen LogP contribution in [0.5, 0.6) is 5.95 Å². The molecule has 1 heterocycles. The highest BCUT2D eigenvalue weighted by atomic mass is 16.5. The Hall–Kier alpha value is -0.960. The van der Waals surface area contributed by atoms with E-state index in [0.717, 1.165) is 0 Å². The number of rotatable bonds is 2. The SMILES string of the molecule is CC(C)[C@@H](N)c1ccoc1O. The van der Waals surface area contributed by atoms with Gasteiger partial charge in [0, 0.05) is 6.04 Å². The molecule has 0 bridgehead atoms. The predicted molar refractivity (Wildman–Crippen MR) is 42.1 cm³/mol. The van der Waals surface area contributed by atoms with Gasteiger partial charge in [-0.15, -0.1) is 0 Å². The molecule has 3 N–H and O–H groups in total. The Labute approximate surface area is 65.8 Å². The molecule has 1 aromatic heterocycles. The van der Waals surface area contributed by atoms with Gasteiger partial charge in [0.05, 0.1) is 11.8 Å². The molecule has 0 saturated heterocycles. The standard InChI is InChI=1S/C8H13NO2/c1-5(2)7(9)6-3-4-11-8(6)10/h3-5,7,10H,9H2,1-2H3/t7-/m1/s1. The minimum Gasteiger partial charge on any atom is -0.480 e. The van der Waals surface area contributed by atoms with Crippen molar-refractivity contribution in [1.29, 1.82) is 0 Å². The maximum atomic E-state index is 9.12. The third-order valence-corrected chi connectivity index (χ3v) is 1.75. The molecule has 0 aliphatic rings. The summed E-state index contributed by atoms with van der Waals surface area (Å²) >= 11 is 0. The molecule has 1 rings (SSSR count). The fourth-order valence-corrected chi connectivity index (χ4v) is 0.924. The number of hydrogen-bond acceptors (Lipinski definition) is 3. The van der Waals surface area contributed by atoms with Crippen molar-refractivity contribution in [2.24, 2.45) is 11.7 Å². The number of aromatic hydroxyl groups is 1. The van der Waals surface area contributed by atoms with Crippen LogP contribution in [0.15, 0.2) is 16.7 Å². The summed E-state index contributed by atoms with van der Waals surface area (Å²) in [5.74, 6) is 0.240. The maximum absolute atomic E-state index is 9.12. The predicted octanol–water partition coefficient (Wildman–Crippen LogP) is 1.64. The lowest BCUT2D eigenvalue weighted by atomic mass is 9.99. The zero-order valence-electron chi connectivity index (χ0n) is 6.74. The number of furan rings is 1. The summed E-state index contributed by atoms with van der Waals surface area (Å²) in [5, 5.41) is 9.12. The van der Waals surface area contributed by atoms with Crippen molar-refractivity contribution in [2.75, 3.05) is 0 Å². The van der Waals surface area contributed by atoms with E-state index < -0.39 is 0 Å². The Balaban J connectivity index is 2.84. The highest BCUT2D eigenvalue weighted by Gasteiger charge is 2.16. The van der Waals surface area contributed by atoms with Crippen LogP contribution < -0.4 is 5.73 Å². The van der Waals surface area contributed by atoms with E-state index in [0.29, 0.717) is 11.5 Å². The second-order valence-electron chi connectivity index (χ2n) is 2.95. The van der Waals surface area contributed by atoms with Crippen molar-refractivity contribution in [3.8, 4) is 5.95 Å². The first-order valence-electron chi connectivity index (χ1n) is 3.65. The highest BCUT2D eigenvalue weighted by Crippen LogP contribution is 2.27. The Morgan fingerprint density at radius 2 is 2.18 bits per heavy atom. The zero-order valence-corrected chi connectivity index (χ0v) is 6.74. The fraction of sp³-hybridized carbons (Fsp3) is 0.500. The Kier molecular flexibility index (Phi) is 2.19. The van der Waals surface area contributed by atoms with Crippen LogP contribution in [-0.2, 0) is 0 Å². The molecular weight excluding hydrogens is 142 g/mol. The van der Waals surface area contributed by atoms with E-state index in [1.165, 1.54) is 6.26 Å². The van der Waals surface area contributed by atoms with Gasteiger partial charge in [-0.1, -0.05) is 13.8 Å². The molecule has 0 radical (unpaired) electrons. The van der Waals surface area contributed by atoms with Gasteiger partial charge in [0.15, 0.2) is 0 Å². The lowest BCUT2D eigenvalue weighted by Gasteiger charge is -2.12. The smallest absolute Gasteiger partial charge is 0.286 e. The van der Waals surface area contributed by atoms with E-state index in [2.05, 4.69) is 0 Å². The van der Waals surface area contributed by atoms with Gasteiger partial charge < -0.3 is 15.3 Å². The molecule has 0 aliphatic heterocycles. The first-order chi connectivity index (χ1) is 5.13. The first-order valence-corrected chi connectivity index (χ1v) is 3.65. The summed E-state index contributed by atoms with van der Waals surface area (Å²) in [6, 6.07) is 1.55. The summed E-state index contributed by atoms with van der Waals surface area (Å²) in [6.07, 6.45) is 1.44. The van der Waals surface area contributed by atoms with Gasteiger partial charge >= 0.3 is 0 Å². The van der Waals surface area contributed by atoms with E-state index in [1.54, 1.807) is 6.07 Å². The van der Waals surface area contributed by atoms with E-state index >= 15 is 0 Å². The lowest BCUT2D eigenvalue weighted by molar-refractivity contribution is 0.320. The average Bonchev–Trinajstić information content (AvgIpc) is 2.33. The van der Waals surface area contributed by atoms with Gasteiger partial charge in [-0.3, -0.25) is 0 Å². The minimum atomic E-state index is -0.145. The van der Waals surface area contributed by atoms with Crippen molar-refractivity contribution >= 4 is 0 Å². The molecule has 0 aliphatic carbocycles. The van der Waals surface area contributed by atoms with Crippen molar-refractivity contribution in [1.82, 2.24) is 0 Å². The summed E-state index contributed by atoms with van der Waals surface area (Å²) in [5.41, 5.74) is 6.44. The molecule has 0 saturated carbocycles. The molecule has 62 valence electrons. The molecular formula is C8H13NO2. The summed E-state index contributed by atoms with van der Waals surface area (Å²) in [4.78, 5) is 0. The van der Waals surface area contributed by atoms with Crippen LogP contribution in [-0.4, -0.2) is 5.11 Å². The molecule has 1 atom stereocenters. The van der Waals surface area contributed by atoms with Gasteiger partial charge in [0.2, 0.25) is 0 Å². The van der Waals surface area contributed by atoms with Gasteiger partial charge in [-0.2, -0.15) is 0 Å². The van der Waals surface area contributed by atoms with E-state index in [4.69, 9.17) is 15.3 Å². The second kappa shape index (κ2) is 2.96. The Morgan fingerprint density at radius 3 is 2.55 bits per heavy atom. The van der Waals surface area contributed by atoms with Gasteiger partial charge in [0.1, 0.15) is 0 Å². The summed E-state index contributed by atoms with van der Waals surface area (Å²) < 4.78 is 4.71. The van der Waals surface area contributed by atoms with Gasteiger partial charge in [-0.05, 0) is 12.0 Å². The third-order valence-electron chi connectivity index (χ3n) is 1.75. The molecule has 3 heteroatoms. The van der Waals surface area contributed by atoms with Crippen LogP contribution in [0.4, 0.5) is 0 Å². The van der Waals surface area contributed by atoms with Crippen molar-refractivity contribution in [3.05, 3.63) is 17.9 Å². The summed E-state index contributed by atoms with van der Waals surface area (Å²) in [7, 11) is 0. The lowest BCUT2D eigenvalue weighted by Crippen LogP contribution is -2.15. The van der Waals surface area contributed by atoms with Gasteiger partial charge in [-0.25, -0.2) is 0 Å². The minimum absolute atomic E-state index is 0.0637. The molecule has 0 aromatic carbocycles.